The van der Waals surface area contributed by atoms with Gasteiger partial charge in [0.15, 0.2) is 0 Å². The summed E-state index contributed by atoms with van der Waals surface area (Å²) in [4.78, 5) is 12.4. The van der Waals surface area contributed by atoms with Gasteiger partial charge in [-0.15, -0.1) is 0 Å². The highest BCUT2D eigenvalue weighted by molar-refractivity contribution is 5.87. The Hall–Kier alpha value is -0.370. The van der Waals surface area contributed by atoms with E-state index >= 15 is 0 Å². The van der Waals surface area contributed by atoms with E-state index in [0.717, 1.165) is 49.9 Å². The SMILES string of the molecule is C[C@]12CC[C@@H](O)C[C@@H]1CC[C@@H]1[C@H]3CCC(=O)[C@@]3(C)CC[C@@H]12. The number of ketones is 1. The summed E-state index contributed by atoms with van der Waals surface area (Å²) in [5, 5.41) is 10.0. The van der Waals surface area contributed by atoms with E-state index in [1.165, 1.54) is 25.7 Å². The lowest BCUT2D eigenvalue weighted by molar-refractivity contribution is -0.142. The van der Waals surface area contributed by atoms with Crippen LogP contribution in [0.3, 0.4) is 0 Å². The van der Waals surface area contributed by atoms with Gasteiger partial charge in [0.05, 0.1) is 6.10 Å². The van der Waals surface area contributed by atoms with E-state index in [0.29, 0.717) is 17.1 Å². The summed E-state index contributed by atoms with van der Waals surface area (Å²) in [6.07, 6.45) is 10.1. The van der Waals surface area contributed by atoms with E-state index in [-0.39, 0.29) is 11.5 Å². The molecule has 0 aromatic carbocycles. The van der Waals surface area contributed by atoms with Crippen LogP contribution in [0.4, 0.5) is 0 Å². The molecule has 0 bridgehead atoms. The van der Waals surface area contributed by atoms with Gasteiger partial charge in [0, 0.05) is 11.8 Å². The van der Waals surface area contributed by atoms with Gasteiger partial charge < -0.3 is 5.11 Å². The third-order valence-electron chi connectivity index (χ3n) is 8.35. The van der Waals surface area contributed by atoms with Crippen LogP contribution in [-0.2, 0) is 4.79 Å². The molecule has 0 unspecified atom stereocenters. The maximum absolute atomic E-state index is 12.4. The van der Waals surface area contributed by atoms with Crippen molar-refractivity contribution in [3.05, 3.63) is 0 Å². The number of Topliss-reactive ketones (excluding diaryl/α,β-unsaturated/α-hetero) is 1. The molecule has 0 aromatic rings. The summed E-state index contributed by atoms with van der Waals surface area (Å²) >= 11 is 0. The molecule has 2 nitrogen and oxygen atoms in total. The first-order chi connectivity index (χ1) is 9.95. The van der Waals surface area contributed by atoms with Crippen molar-refractivity contribution in [2.75, 3.05) is 0 Å². The lowest BCUT2D eigenvalue weighted by atomic mass is 9.45. The average molecular weight is 290 g/mol. The summed E-state index contributed by atoms with van der Waals surface area (Å²) in [5.41, 5.74) is 0.452. The number of hydrogen-bond acceptors (Lipinski definition) is 2. The van der Waals surface area contributed by atoms with Gasteiger partial charge in [0.25, 0.3) is 0 Å². The minimum atomic E-state index is -0.0541. The lowest BCUT2D eigenvalue weighted by Crippen LogP contribution is -2.54. The Kier molecular flexibility index (Phi) is 3.10. The number of aliphatic hydroxyl groups excluding tert-OH is 1. The van der Waals surface area contributed by atoms with Gasteiger partial charge in [0.1, 0.15) is 5.78 Å². The monoisotopic (exact) mass is 290 g/mol. The largest absolute Gasteiger partial charge is 0.393 e. The molecule has 118 valence electrons. The van der Waals surface area contributed by atoms with Crippen molar-refractivity contribution in [2.24, 2.45) is 34.5 Å². The standard InChI is InChI=1S/C19H30O2/c1-18-9-7-13(20)11-12(18)3-4-14-15-5-6-17(21)19(15,2)10-8-16(14)18/h12-16,20H,3-11H2,1-2H3/t12-,13+,14+,15+,16-,18-,19-/m0/s1. The van der Waals surface area contributed by atoms with Crippen LogP contribution < -0.4 is 0 Å². The summed E-state index contributed by atoms with van der Waals surface area (Å²) in [6, 6.07) is 0. The average Bonchev–Trinajstić information content (AvgIpc) is 2.76. The summed E-state index contributed by atoms with van der Waals surface area (Å²) in [6.45, 7) is 4.78. The van der Waals surface area contributed by atoms with Crippen molar-refractivity contribution >= 4 is 5.78 Å². The molecule has 2 heteroatoms. The molecule has 4 aliphatic rings. The molecule has 0 aromatic heterocycles. The minimum Gasteiger partial charge on any atom is -0.393 e. The van der Waals surface area contributed by atoms with E-state index in [4.69, 9.17) is 0 Å². The zero-order chi connectivity index (χ0) is 14.8. The smallest absolute Gasteiger partial charge is 0.139 e. The Bertz CT molecular complexity index is 458. The van der Waals surface area contributed by atoms with Crippen LogP contribution in [0.5, 0.6) is 0 Å². The second-order valence-electron chi connectivity index (χ2n) is 9.00. The Morgan fingerprint density at radius 1 is 1.00 bits per heavy atom. The Labute approximate surface area is 128 Å². The van der Waals surface area contributed by atoms with Gasteiger partial charge >= 0.3 is 0 Å². The van der Waals surface area contributed by atoms with Gasteiger partial charge in [-0.05, 0) is 80.5 Å². The zero-order valence-corrected chi connectivity index (χ0v) is 13.6. The van der Waals surface area contributed by atoms with Crippen LogP contribution in [0.2, 0.25) is 0 Å². The van der Waals surface area contributed by atoms with E-state index in [1.807, 2.05) is 0 Å². The maximum atomic E-state index is 12.4. The molecule has 4 rings (SSSR count). The van der Waals surface area contributed by atoms with Crippen LogP contribution in [-0.4, -0.2) is 17.0 Å². The Balaban J connectivity index is 1.64. The van der Waals surface area contributed by atoms with Crippen molar-refractivity contribution < 1.29 is 9.90 Å². The highest BCUT2D eigenvalue weighted by Gasteiger charge is 2.60. The number of rotatable bonds is 0. The fourth-order valence-corrected chi connectivity index (χ4v) is 7.01. The van der Waals surface area contributed by atoms with Crippen molar-refractivity contribution in [3.63, 3.8) is 0 Å². The molecular formula is C19H30O2. The number of hydrogen-bond donors (Lipinski definition) is 1. The van der Waals surface area contributed by atoms with Crippen LogP contribution in [0, 0.1) is 34.5 Å². The molecule has 0 radical (unpaired) electrons. The molecule has 0 saturated heterocycles. The topological polar surface area (TPSA) is 37.3 Å². The molecule has 21 heavy (non-hydrogen) atoms. The van der Waals surface area contributed by atoms with Gasteiger partial charge in [-0.3, -0.25) is 4.79 Å². The Morgan fingerprint density at radius 2 is 1.81 bits per heavy atom. The highest BCUT2D eigenvalue weighted by atomic mass is 16.3. The number of fused-ring (bicyclic) bond motifs is 5. The number of carbonyl (C=O) groups is 1. The number of carbonyl (C=O) groups excluding carboxylic acids is 1. The molecule has 7 atom stereocenters. The predicted molar refractivity (Wildman–Crippen MR) is 82.7 cm³/mol. The van der Waals surface area contributed by atoms with Crippen LogP contribution >= 0.6 is 0 Å². The Morgan fingerprint density at radius 3 is 2.62 bits per heavy atom. The minimum absolute atomic E-state index is 0.0124. The van der Waals surface area contributed by atoms with E-state index in [1.54, 1.807) is 0 Å². The molecule has 0 spiro atoms. The summed E-state index contributed by atoms with van der Waals surface area (Å²) in [5.74, 6) is 3.54. The summed E-state index contributed by atoms with van der Waals surface area (Å²) in [7, 11) is 0. The summed E-state index contributed by atoms with van der Waals surface area (Å²) < 4.78 is 0. The van der Waals surface area contributed by atoms with Gasteiger partial charge in [-0.1, -0.05) is 13.8 Å². The third kappa shape index (κ3) is 1.84. The third-order valence-corrected chi connectivity index (χ3v) is 8.35. The van der Waals surface area contributed by atoms with Crippen LogP contribution in [0.15, 0.2) is 0 Å². The maximum Gasteiger partial charge on any atom is 0.139 e. The van der Waals surface area contributed by atoms with Crippen molar-refractivity contribution in [2.45, 2.75) is 77.7 Å². The zero-order valence-electron chi connectivity index (χ0n) is 13.6. The van der Waals surface area contributed by atoms with Crippen LogP contribution in [0.1, 0.15) is 71.6 Å². The van der Waals surface area contributed by atoms with Crippen LogP contribution in [0.25, 0.3) is 0 Å². The lowest BCUT2D eigenvalue weighted by Gasteiger charge is -2.60. The molecule has 4 saturated carbocycles. The molecule has 0 heterocycles. The number of aliphatic hydroxyl groups is 1. The fraction of sp³-hybridized carbons (Fsp3) is 0.947. The fourth-order valence-electron chi connectivity index (χ4n) is 7.01. The first-order valence-electron chi connectivity index (χ1n) is 9.16. The van der Waals surface area contributed by atoms with Crippen molar-refractivity contribution in [1.82, 2.24) is 0 Å². The van der Waals surface area contributed by atoms with E-state index in [2.05, 4.69) is 13.8 Å². The quantitative estimate of drug-likeness (QED) is 0.733. The first-order valence-corrected chi connectivity index (χ1v) is 9.16. The molecular weight excluding hydrogens is 260 g/mol. The predicted octanol–water partition coefficient (Wildman–Crippen LogP) is 3.96. The second-order valence-corrected chi connectivity index (χ2v) is 9.00. The molecule has 4 aliphatic carbocycles. The van der Waals surface area contributed by atoms with Gasteiger partial charge in [-0.2, -0.15) is 0 Å². The molecule has 0 aliphatic heterocycles. The van der Waals surface area contributed by atoms with Gasteiger partial charge in [0.2, 0.25) is 0 Å². The van der Waals surface area contributed by atoms with E-state index < -0.39 is 0 Å². The molecule has 1 N–H and O–H groups in total. The van der Waals surface area contributed by atoms with E-state index in [9.17, 15) is 9.90 Å². The molecule has 0 amide bonds. The van der Waals surface area contributed by atoms with Crippen molar-refractivity contribution in [1.29, 1.82) is 0 Å². The first kappa shape index (κ1) is 14.2. The highest BCUT2D eigenvalue weighted by Crippen LogP contribution is 2.65. The molecule has 4 fully saturated rings. The van der Waals surface area contributed by atoms with Crippen molar-refractivity contribution in [3.8, 4) is 0 Å². The van der Waals surface area contributed by atoms with Gasteiger partial charge in [-0.25, -0.2) is 0 Å². The normalized spacial score (nSPS) is 56.5. The second kappa shape index (κ2) is 4.57.